The SMILES string of the molecule is COc1cc(C(NC(C)=O)C2=CC=CNC(C(CC(=O)O)c3ccc(OC)c(OC)c3)=C2)ccc1NC(=O)Nc1ccccc1C. The zero-order valence-corrected chi connectivity index (χ0v) is 26.3. The first-order valence-corrected chi connectivity index (χ1v) is 14.5. The van der Waals surface area contributed by atoms with Crippen LogP contribution in [0.4, 0.5) is 16.2 Å². The number of amides is 3. The molecule has 1 heterocycles. The summed E-state index contributed by atoms with van der Waals surface area (Å²) >= 11 is 0. The fraction of sp³-hybridized carbons (Fsp3) is 0.229. The van der Waals surface area contributed by atoms with Crippen molar-refractivity contribution in [3.63, 3.8) is 0 Å². The van der Waals surface area contributed by atoms with Crippen molar-refractivity contribution in [2.45, 2.75) is 32.2 Å². The van der Waals surface area contributed by atoms with Crippen molar-refractivity contribution in [2.24, 2.45) is 0 Å². The molecule has 5 N–H and O–H groups in total. The third-order valence-electron chi connectivity index (χ3n) is 7.40. The normalized spacial score (nSPS) is 13.5. The Hall–Kier alpha value is -5.71. The molecule has 0 fully saturated rings. The summed E-state index contributed by atoms with van der Waals surface area (Å²) in [7, 11) is 4.54. The fourth-order valence-corrected chi connectivity index (χ4v) is 5.15. The first-order valence-electron chi connectivity index (χ1n) is 14.5. The quantitative estimate of drug-likeness (QED) is 0.164. The first kappa shape index (κ1) is 33.2. The molecule has 3 amide bonds. The highest BCUT2D eigenvalue weighted by Gasteiger charge is 2.25. The van der Waals surface area contributed by atoms with E-state index in [1.807, 2.05) is 43.3 Å². The Labute approximate surface area is 267 Å². The molecule has 0 bridgehead atoms. The van der Waals surface area contributed by atoms with Crippen LogP contribution in [0.3, 0.4) is 0 Å². The Kier molecular flexibility index (Phi) is 11.1. The van der Waals surface area contributed by atoms with Gasteiger partial charge in [0.2, 0.25) is 5.91 Å². The van der Waals surface area contributed by atoms with Crippen molar-refractivity contribution in [2.75, 3.05) is 32.0 Å². The van der Waals surface area contributed by atoms with Gasteiger partial charge >= 0.3 is 12.0 Å². The number of rotatable bonds is 12. The number of carbonyl (C=O) groups is 3. The molecule has 2 unspecified atom stereocenters. The van der Waals surface area contributed by atoms with Crippen LogP contribution >= 0.6 is 0 Å². The van der Waals surface area contributed by atoms with Crippen LogP contribution in [0.25, 0.3) is 0 Å². The zero-order chi connectivity index (χ0) is 33.2. The minimum atomic E-state index is -0.987. The van der Waals surface area contributed by atoms with Crippen LogP contribution in [0.1, 0.15) is 42.0 Å². The van der Waals surface area contributed by atoms with E-state index in [2.05, 4.69) is 21.3 Å². The molecule has 3 aromatic rings. The number of anilines is 2. The predicted octanol–water partition coefficient (Wildman–Crippen LogP) is 6.03. The van der Waals surface area contributed by atoms with Gasteiger partial charge in [-0.1, -0.05) is 36.4 Å². The number of para-hydroxylation sites is 1. The smallest absolute Gasteiger partial charge is 0.323 e. The Morgan fingerprint density at radius 3 is 2.20 bits per heavy atom. The standard InChI is InChI=1S/C35H38N4O7/c1-21-9-6-7-11-27(21)38-35(43)39-28-14-12-25(19-31(28)45-4)34(37-22(2)40)24-10-8-16-36-29(17-24)26(20-33(41)42)23-13-15-30(44-3)32(18-23)46-5/h6-19,26,34,36H,20H2,1-5H3,(H,37,40)(H,41,42)(H2,38,39,43). The molecular weight excluding hydrogens is 588 g/mol. The Morgan fingerprint density at radius 2 is 1.52 bits per heavy atom. The van der Waals surface area contributed by atoms with E-state index in [-0.39, 0.29) is 12.3 Å². The maximum atomic E-state index is 12.8. The molecule has 11 heteroatoms. The van der Waals surface area contributed by atoms with Crippen molar-refractivity contribution in [1.29, 1.82) is 0 Å². The molecule has 0 saturated carbocycles. The zero-order valence-electron chi connectivity index (χ0n) is 26.3. The van der Waals surface area contributed by atoms with Gasteiger partial charge in [0.25, 0.3) is 0 Å². The van der Waals surface area contributed by atoms with Gasteiger partial charge in [0.1, 0.15) is 5.75 Å². The summed E-state index contributed by atoms with van der Waals surface area (Å²) in [5.41, 5.74) is 4.69. The average Bonchev–Trinajstić information content (AvgIpc) is 3.29. The number of carbonyl (C=O) groups excluding carboxylic acids is 2. The highest BCUT2D eigenvalue weighted by atomic mass is 16.5. The minimum absolute atomic E-state index is 0.209. The molecule has 0 spiro atoms. The van der Waals surface area contributed by atoms with Gasteiger partial charge in [0, 0.05) is 30.4 Å². The molecule has 0 aromatic heterocycles. The maximum absolute atomic E-state index is 12.8. The van der Waals surface area contributed by atoms with Crippen molar-refractivity contribution < 1.29 is 33.7 Å². The number of allylic oxidation sites excluding steroid dienone is 3. The average molecular weight is 627 g/mol. The van der Waals surface area contributed by atoms with Gasteiger partial charge in [-0.25, -0.2) is 4.79 Å². The second kappa shape index (κ2) is 15.3. The van der Waals surface area contributed by atoms with E-state index in [1.165, 1.54) is 28.3 Å². The summed E-state index contributed by atoms with van der Waals surface area (Å²) in [5, 5.41) is 21.7. The number of ether oxygens (including phenoxy) is 3. The molecule has 0 saturated heterocycles. The molecule has 240 valence electrons. The molecule has 46 heavy (non-hydrogen) atoms. The van der Waals surface area contributed by atoms with Crippen LogP contribution in [-0.4, -0.2) is 44.3 Å². The van der Waals surface area contributed by atoms with Crippen molar-refractivity contribution in [3.05, 3.63) is 113 Å². The summed E-state index contributed by atoms with van der Waals surface area (Å²) in [6.07, 6.45) is 6.95. The van der Waals surface area contributed by atoms with Crippen LogP contribution in [0.2, 0.25) is 0 Å². The van der Waals surface area contributed by atoms with Crippen molar-refractivity contribution >= 4 is 29.3 Å². The molecule has 11 nitrogen and oxygen atoms in total. The second-order valence-electron chi connectivity index (χ2n) is 10.5. The number of methoxy groups -OCH3 is 3. The van der Waals surface area contributed by atoms with Gasteiger partial charge in [-0.2, -0.15) is 0 Å². The van der Waals surface area contributed by atoms with Gasteiger partial charge in [-0.15, -0.1) is 0 Å². The van der Waals surface area contributed by atoms with E-state index in [0.717, 1.165) is 5.56 Å². The topological polar surface area (TPSA) is 147 Å². The van der Waals surface area contributed by atoms with Crippen LogP contribution in [0, 0.1) is 6.92 Å². The van der Waals surface area contributed by atoms with E-state index < -0.39 is 24.0 Å². The molecule has 3 aromatic carbocycles. The van der Waals surface area contributed by atoms with E-state index in [0.29, 0.717) is 51.0 Å². The van der Waals surface area contributed by atoms with Gasteiger partial charge < -0.3 is 40.6 Å². The number of urea groups is 1. The molecule has 2 atom stereocenters. The number of hydrogen-bond acceptors (Lipinski definition) is 7. The summed E-state index contributed by atoms with van der Waals surface area (Å²) in [4.78, 5) is 37.3. The molecular formula is C35H38N4O7. The van der Waals surface area contributed by atoms with Crippen LogP contribution in [0.5, 0.6) is 17.2 Å². The predicted molar refractivity (Wildman–Crippen MR) is 176 cm³/mol. The third-order valence-corrected chi connectivity index (χ3v) is 7.40. The van der Waals surface area contributed by atoms with E-state index in [1.54, 1.807) is 48.7 Å². The van der Waals surface area contributed by atoms with Crippen molar-refractivity contribution in [1.82, 2.24) is 10.6 Å². The van der Waals surface area contributed by atoms with E-state index >= 15 is 0 Å². The maximum Gasteiger partial charge on any atom is 0.323 e. The number of carboxylic acids is 1. The lowest BCUT2D eigenvalue weighted by molar-refractivity contribution is -0.137. The van der Waals surface area contributed by atoms with Gasteiger partial charge in [0.05, 0.1) is 39.5 Å². The van der Waals surface area contributed by atoms with Crippen LogP contribution in [0.15, 0.2) is 96.4 Å². The van der Waals surface area contributed by atoms with Gasteiger partial charge in [0.15, 0.2) is 11.5 Å². The monoisotopic (exact) mass is 626 g/mol. The molecule has 0 radical (unpaired) electrons. The summed E-state index contributed by atoms with van der Waals surface area (Å²) in [6.45, 7) is 3.32. The number of hydrogen-bond donors (Lipinski definition) is 5. The first-order chi connectivity index (χ1) is 22.1. The van der Waals surface area contributed by atoms with Gasteiger partial charge in [-0.3, -0.25) is 9.59 Å². The Bertz CT molecular complexity index is 1700. The molecule has 1 aliphatic heterocycles. The van der Waals surface area contributed by atoms with Crippen LogP contribution < -0.4 is 35.5 Å². The number of nitrogens with one attached hydrogen (secondary N) is 4. The highest BCUT2D eigenvalue weighted by molar-refractivity contribution is 6.01. The number of benzene rings is 3. The summed E-state index contributed by atoms with van der Waals surface area (Å²) in [5.74, 6) is -0.473. The van der Waals surface area contributed by atoms with Crippen molar-refractivity contribution in [3.8, 4) is 17.2 Å². The molecule has 0 aliphatic carbocycles. The lowest BCUT2D eigenvalue weighted by Gasteiger charge is -2.24. The lowest BCUT2D eigenvalue weighted by Crippen LogP contribution is -2.28. The lowest BCUT2D eigenvalue weighted by atomic mass is 9.89. The summed E-state index contributed by atoms with van der Waals surface area (Å²) in [6, 6.07) is 16.9. The summed E-state index contributed by atoms with van der Waals surface area (Å²) < 4.78 is 16.5. The number of carboxylic acid groups (broad SMARTS) is 1. The largest absolute Gasteiger partial charge is 0.495 e. The Morgan fingerprint density at radius 1 is 0.848 bits per heavy atom. The van der Waals surface area contributed by atoms with Crippen LogP contribution in [-0.2, 0) is 9.59 Å². The second-order valence-corrected chi connectivity index (χ2v) is 10.5. The van der Waals surface area contributed by atoms with E-state index in [4.69, 9.17) is 14.2 Å². The minimum Gasteiger partial charge on any atom is -0.495 e. The molecule has 1 aliphatic rings. The fourth-order valence-electron chi connectivity index (χ4n) is 5.15. The highest BCUT2D eigenvalue weighted by Crippen LogP contribution is 2.37. The third kappa shape index (κ3) is 8.26. The van der Waals surface area contributed by atoms with Gasteiger partial charge in [-0.05, 0) is 71.7 Å². The number of aliphatic carboxylic acids is 1. The van der Waals surface area contributed by atoms with E-state index in [9.17, 15) is 19.5 Å². The Balaban J connectivity index is 1.69. The number of aryl methyl sites for hydroxylation is 1. The molecule has 4 rings (SSSR count).